The van der Waals surface area contributed by atoms with Crippen LogP contribution in [0, 0.1) is 0 Å². The van der Waals surface area contributed by atoms with Gasteiger partial charge in [0.15, 0.2) is 9.84 Å². The van der Waals surface area contributed by atoms with Crippen molar-refractivity contribution in [2.24, 2.45) is 0 Å². The van der Waals surface area contributed by atoms with E-state index >= 15 is 0 Å². The summed E-state index contributed by atoms with van der Waals surface area (Å²) in [6, 6.07) is 6.63. The molecule has 0 radical (unpaired) electrons. The highest BCUT2D eigenvalue weighted by Gasteiger charge is 2.05. The van der Waals surface area contributed by atoms with Crippen molar-refractivity contribution in [2.45, 2.75) is 11.3 Å². The van der Waals surface area contributed by atoms with E-state index in [1.165, 1.54) is 6.26 Å². The van der Waals surface area contributed by atoms with Crippen LogP contribution in [0.2, 0.25) is 0 Å². The molecule has 0 saturated carbocycles. The third kappa shape index (κ3) is 5.32. The highest BCUT2D eigenvalue weighted by Crippen LogP contribution is 2.13. The molecule has 1 rings (SSSR count). The zero-order valence-electron chi connectivity index (χ0n) is 9.97. The summed E-state index contributed by atoms with van der Waals surface area (Å²) in [6.07, 6.45) is 3.70. The number of hydrogen-bond donors (Lipinski definition) is 1. The van der Waals surface area contributed by atoms with Crippen LogP contribution in [0.15, 0.2) is 29.2 Å². The topological polar surface area (TPSA) is 63.2 Å². The largest absolute Gasteiger partial charge is 0.385 e. The molecule has 0 aliphatic rings. The molecule has 0 aliphatic heterocycles. The summed E-state index contributed by atoms with van der Waals surface area (Å²) in [4.78, 5) is 0.317. The summed E-state index contributed by atoms with van der Waals surface area (Å²) >= 11 is 0. The molecular formula is C11H17NO3S2. The highest BCUT2D eigenvalue weighted by molar-refractivity contribution is 7.90. The van der Waals surface area contributed by atoms with E-state index in [9.17, 15) is 12.6 Å². The smallest absolute Gasteiger partial charge is 0.175 e. The van der Waals surface area contributed by atoms with E-state index in [1.807, 2.05) is 0 Å². The summed E-state index contributed by atoms with van der Waals surface area (Å²) < 4.78 is 33.3. The Bertz CT molecular complexity index is 480. The van der Waals surface area contributed by atoms with Crippen LogP contribution < -0.4 is 5.32 Å². The summed E-state index contributed by atoms with van der Waals surface area (Å²) in [5.74, 6) is 0.675. The van der Waals surface area contributed by atoms with E-state index in [1.54, 1.807) is 30.5 Å². The Morgan fingerprint density at radius 3 is 2.29 bits per heavy atom. The van der Waals surface area contributed by atoms with Crippen molar-refractivity contribution in [1.29, 1.82) is 0 Å². The standard InChI is InChI=1S/C11H17NO3S2/c1-16(13)9-3-8-12-10-4-6-11(7-5-10)17(2,14)15/h4-7,12H,3,8-9H2,1-2H3. The first-order valence-electron chi connectivity index (χ1n) is 5.23. The first-order valence-corrected chi connectivity index (χ1v) is 8.85. The summed E-state index contributed by atoms with van der Waals surface area (Å²) in [6.45, 7) is 0.734. The van der Waals surface area contributed by atoms with Crippen LogP contribution in [0.25, 0.3) is 0 Å². The first kappa shape index (κ1) is 14.2. The normalized spacial score (nSPS) is 13.3. The second kappa shape index (κ2) is 6.16. The molecule has 0 spiro atoms. The van der Waals surface area contributed by atoms with Gasteiger partial charge in [0, 0.05) is 41.3 Å². The minimum atomic E-state index is -3.12. The molecule has 0 fully saturated rings. The molecule has 6 heteroatoms. The van der Waals surface area contributed by atoms with Crippen molar-refractivity contribution in [3.63, 3.8) is 0 Å². The van der Waals surface area contributed by atoms with E-state index in [-0.39, 0.29) is 0 Å². The molecule has 1 aromatic rings. The lowest BCUT2D eigenvalue weighted by Gasteiger charge is -2.06. The van der Waals surface area contributed by atoms with Crippen molar-refractivity contribution >= 4 is 26.3 Å². The zero-order valence-corrected chi connectivity index (χ0v) is 11.6. The zero-order chi connectivity index (χ0) is 12.9. The van der Waals surface area contributed by atoms with Crippen molar-refractivity contribution in [3.8, 4) is 0 Å². The Balaban J connectivity index is 2.49. The van der Waals surface area contributed by atoms with Crippen molar-refractivity contribution in [2.75, 3.05) is 30.1 Å². The lowest BCUT2D eigenvalue weighted by molar-refractivity contribution is 0.602. The van der Waals surface area contributed by atoms with Crippen molar-refractivity contribution in [3.05, 3.63) is 24.3 Å². The second-order valence-corrected chi connectivity index (χ2v) is 7.42. The molecule has 1 aromatic carbocycles. The maximum Gasteiger partial charge on any atom is 0.175 e. The van der Waals surface area contributed by atoms with Crippen molar-refractivity contribution in [1.82, 2.24) is 0 Å². The second-order valence-electron chi connectivity index (χ2n) is 3.85. The van der Waals surface area contributed by atoms with Gasteiger partial charge in [0.2, 0.25) is 0 Å². The fourth-order valence-corrected chi connectivity index (χ4v) is 2.51. The average molecular weight is 275 g/mol. The Hall–Kier alpha value is -0.880. The molecule has 0 bridgehead atoms. The van der Waals surface area contributed by atoms with Gasteiger partial charge in [-0.3, -0.25) is 4.21 Å². The Morgan fingerprint density at radius 1 is 1.24 bits per heavy atom. The van der Waals surface area contributed by atoms with Gasteiger partial charge in [-0.2, -0.15) is 0 Å². The third-order valence-corrected chi connectivity index (χ3v) is 4.21. The molecular weight excluding hydrogens is 258 g/mol. The third-order valence-electron chi connectivity index (χ3n) is 2.22. The van der Waals surface area contributed by atoms with Gasteiger partial charge in [0.05, 0.1) is 4.90 Å². The van der Waals surface area contributed by atoms with Gasteiger partial charge in [-0.15, -0.1) is 0 Å². The van der Waals surface area contributed by atoms with E-state index < -0.39 is 20.6 Å². The van der Waals surface area contributed by atoms with E-state index in [0.29, 0.717) is 10.6 Å². The molecule has 96 valence electrons. The van der Waals surface area contributed by atoms with Gasteiger partial charge >= 0.3 is 0 Å². The Kier molecular flexibility index (Phi) is 5.14. The molecule has 0 aromatic heterocycles. The van der Waals surface area contributed by atoms with E-state index in [0.717, 1.165) is 18.7 Å². The summed E-state index contributed by atoms with van der Waals surface area (Å²) in [5.41, 5.74) is 0.874. The highest BCUT2D eigenvalue weighted by atomic mass is 32.2. The van der Waals surface area contributed by atoms with Crippen LogP contribution in [0.4, 0.5) is 5.69 Å². The predicted molar refractivity (Wildman–Crippen MR) is 71.6 cm³/mol. The van der Waals surface area contributed by atoms with Crippen LogP contribution >= 0.6 is 0 Å². The van der Waals surface area contributed by atoms with Crippen LogP contribution in [0.3, 0.4) is 0 Å². The number of rotatable bonds is 6. The SMILES string of the molecule is CS(=O)CCCNc1ccc(S(C)(=O)=O)cc1. The van der Waals surface area contributed by atoms with Gasteiger partial charge in [-0.05, 0) is 30.7 Å². The van der Waals surface area contributed by atoms with Gasteiger partial charge in [-0.1, -0.05) is 0 Å². The number of anilines is 1. The average Bonchev–Trinajstić information content (AvgIpc) is 2.23. The Labute approximate surface area is 105 Å². The maximum atomic E-state index is 11.2. The van der Waals surface area contributed by atoms with Crippen LogP contribution in [-0.2, 0) is 20.6 Å². The Morgan fingerprint density at radius 2 is 1.82 bits per heavy atom. The minimum absolute atomic E-state index is 0.317. The molecule has 0 amide bonds. The summed E-state index contributed by atoms with van der Waals surface area (Å²) in [5, 5.41) is 3.15. The van der Waals surface area contributed by atoms with E-state index in [2.05, 4.69) is 5.32 Å². The summed E-state index contributed by atoms with van der Waals surface area (Å²) in [7, 11) is -3.88. The van der Waals surface area contributed by atoms with Crippen LogP contribution in [-0.4, -0.2) is 37.4 Å². The van der Waals surface area contributed by atoms with Gasteiger partial charge < -0.3 is 5.32 Å². The molecule has 1 N–H and O–H groups in total. The van der Waals surface area contributed by atoms with E-state index in [4.69, 9.17) is 0 Å². The fourth-order valence-electron chi connectivity index (χ4n) is 1.33. The molecule has 4 nitrogen and oxygen atoms in total. The van der Waals surface area contributed by atoms with Crippen LogP contribution in [0.5, 0.6) is 0 Å². The lowest BCUT2D eigenvalue weighted by Crippen LogP contribution is -2.06. The molecule has 1 unspecified atom stereocenters. The molecule has 0 saturated heterocycles. The monoisotopic (exact) mass is 275 g/mol. The lowest BCUT2D eigenvalue weighted by atomic mass is 10.3. The van der Waals surface area contributed by atoms with Crippen LogP contribution in [0.1, 0.15) is 6.42 Å². The predicted octanol–water partition coefficient (Wildman–Crippen LogP) is 1.27. The molecule has 0 heterocycles. The minimum Gasteiger partial charge on any atom is -0.385 e. The number of benzene rings is 1. The van der Waals surface area contributed by atoms with Gasteiger partial charge in [-0.25, -0.2) is 8.42 Å². The molecule has 17 heavy (non-hydrogen) atoms. The van der Waals surface area contributed by atoms with Crippen molar-refractivity contribution < 1.29 is 12.6 Å². The molecule has 1 atom stereocenters. The quantitative estimate of drug-likeness (QED) is 0.794. The fraction of sp³-hybridized carbons (Fsp3) is 0.455. The first-order chi connectivity index (χ1) is 7.89. The number of nitrogens with one attached hydrogen (secondary N) is 1. The maximum absolute atomic E-state index is 11.2. The van der Waals surface area contributed by atoms with Gasteiger partial charge in [0.1, 0.15) is 0 Å². The molecule has 0 aliphatic carbocycles. The number of sulfone groups is 1. The number of hydrogen-bond acceptors (Lipinski definition) is 4. The van der Waals surface area contributed by atoms with Gasteiger partial charge in [0.25, 0.3) is 0 Å².